The zero-order valence-corrected chi connectivity index (χ0v) is 16.9. The van der Waals surface area contributed by atoms with Crippen LogP contribution >= 0.6 is 0 Å². The standard InChI is InChI=1S/C24H17N7O/c1-2-4-15(5-3-1)14-32-17-10-16(11-26-12-17)18-6-7-20-22(27-18)23(31-30-20)24-28-19-8-9-25-13-21(19)29-24/h1-13H,14H2,(H,28,29)(H,30,31). The molecule has 6 rings (SSSR count). The molecule has 154 valence electrons. The Bertz CT molecular complexity index is 1510. The van der Waals surface area contributed by atoms with Gasteiger partial charge in [0.25, 0.3) is 0 Å². The molecule has 8 heteroatoms. The first-order valence-electron chi connectivity index (χ1n) is 10.1. The molecule has 0 unspecified atom stereocenters. The second-order valence-corrected chi connectivity index (χ2v) is 7.33. The molecule has 0 spiro atoms. The fraction of sp³-hybridized carbons (Fsp3) is 0.0417. The van der Waals surface area contributed by atoms with E-state index in [1.54, 1.807) is 24.8 Å². The van der Waals surface area contributed by atoms with Gasteiger partial charge < -0.3 is 9.72 Å². The number of imidazole rings is 1. The number of nitrogens with zero attached hydrogens (tertiary/aromatic N) is 5. The molecule has 5 aromatic heterocycles. The number of pyridine rings is 3. The lowest BCUT2D eigenvalue weighted by Crippen LogP contribution is -1.96. The molecule has 0 aliphatic carbocycles. The number of fused-ring (bicyclic) bond motifs is 2. The van der Waals surface area contributed by atoms with Gasteiger partial charge in [-0.25, -0.2) is 9.97 Å². The molecular weight excluding hydrogens is 402 g/mol. The fourth-order valence-electron chi connectivity index (χ4n) is 3.57. The monoisotopic (exact) mass is 419 g/mol. The van der Waals surface area contributed by atoms with E-state index in [0.29, 0.717) is 23.9 Å². The number of hydrogen-bond donors (Lipinski definition) is 2. The van der Waals surface area contributed by atoms with E-state index in [2.05, 4.69) is 30.1 Å². The number of hydrogen-bond acceptors (Lipinski definition) is 6. The van der Waals surface area contributed by atoms with Gasteiger partial charge in [-0.05, 0) is 29.8 Å². The molecule has 32 heavy (non-hydrogen) atoms. The lowest BCUT2D eigenvalue weighted by molar-refractivity contribution is 0.305. The summed E-state index contributed by atoms with van der Waals surface area (Å²) in [7, 11) is 0. The van der Waals surface area contributed by atoms with Gasteiger partial charge in [-0.3, -0.25) is 15.1 Å². The average Bonchev–Trinajstić information content (AvgIpc) is 3.47. The number of ether oxygens (including phenoxy) is 1. The molecule has 0 aliphatic rings. The molecule has 0 aliphatic heterocycles. The minimum Gasteiger partial charge on any atom is -0.487 e. The molecule has 2 N–H and O–H groups in total. The van der Waals surface area contributed by atoms with Gasteiger partial charge in [0.2, 0.25) is 0 Å². The van der Waals surface area contributed by atoms with Crippen molar-refractivity contribution in [2.75, 3.05) is 0 Å². The summed E-state index contributed by atoms with van der Waals surface area (Å²) >= 11 is 0. The predicted molar refractivity (Wildman–Crippen MR) is 121 cm³/mol. The van der Waals surface area contributed by atoms with Crippen molar-refractivity contribution in [2.45, 2.75) is 6.61 Å². The van der Waals surface area contributed by atoms with Crippen molar-refractivity contribution >= 4 is 22.1 Å². The Kier molecular flexibility index (Phi) is 4.31. The summed E-state index contributed by atoms with van der Waals surface area (Å²) < 4.78 is 5.92. The highest BCUT2D eigenvalue weighted by Gasteiger charge is 2.15. The number of nitrogens with one attached hydrogen (secondary N) is 2. The summed E-state index contributed by atoms with van der Waals surface area (Å²) in [6.45, 7) is 0.477. The van der Waals surface area contributed by atoms with Crippen molar-refractivity contribution < 1.29 is 4.74 Å². The van der Waals surface area contributed by atoms with Crippen LogP contribution < -0.4 is 4.74 Å². The highest BCUT2D eigenvalue weighted by molar-refractivity contribution is 5.91. The first-order valence-corrected chi connectivity index (χ1v) is 10.1. The average molecular weight is 419 g/mol. The van der Waals surface area contributed by atoms with E-state index in [1.807, 2.05) is 54.6 Å². The molecule has 8 nitrogen and oxygen atoms in total. The van der Waals surface area contributed by atoms with Gasteiger partial charge in [-0.2, -0.15) is 5.10 Å². The van der Waals surface area contributed by atoms with Crippen LogP contribution in [0.1, 0.15) is 5.56 Å². The second kappa shape index (κ2) is 7.59. The first-order chi connectivity index (χ1) is 15.8. The Morgan fingerprint density at radius 2 is 1.78 bits per heavy atom. The van der Waals surface area contributed by atoms with Crippen molar-refractivity contribution in [3.05, 3.63) is 84.9 Å². The first kappa shape index (κ1) is 18.2. The van der Waals surface area contributed by atoms with Crippen LogP contribution in [-0.2, 0) is 6.61 Å². The molecule has 0 saturated carbocycles. The van der Waals surface area contributed by atoms with E-state index in [9.17, 15) is 0 Å². The van der Waals surface area contributed by atoms with E-state index >= 15 is 0 Å². The van der Waals surface area contributed by atoms with Gasteiger partial charge in [0, 0.05) is 18.0 Å². The van der Waals surface area contributed by atoms with Crippen LogP contribution in [0.3, 0.4) is 0 Å². The van der Waals surface area contributed by atoms with Crippen LogP contribution in [0.25, 0.3) is 44.8 Å². The third kappa shape index (κ3) is 3.33. The summed E-state index contributed by atoms with van der Waals surface area (Å²) in [6, 6.07) is 17.7. The topological polar surface area (TPSA) is 105 Å². The van der Waals surface area contributed by atoms with Gasteiger partial charge in [-0.15, -0.1) is 0 Å². The van der Waals surface area contributed by atoms with Crippen LogP contribution in [0.4, 0.5) is 0 Å². The lowest BCUT2D eigenvalue weighted by atomic mass is 10.1. The van der Waals surface area contributed by atoms with E-state index in [0.717, 1.165) is 38.9 Å². The highest BCUT2D eigenvalue weighted by atomic mass is 16.5. The number of rotatable bonds is 5. The molecule has 6 aromatic rings. The molecule has 1 aromatic carbocycles. The Morgan fingerprint density at radius 3 is 2.69 bits per heavy atom. The molecule has 0 saturated heterocycles. The quantitative estimate of drug-likeness (QED) is 0.425. The normalized spacial score (nSPS) is 11.2. The molecule has 5 heterocycles. The predicted octanol–water partition coefficient (Wildman–Crippen LogP) is 4.54. The van der Waals surface area contributed by atoms with Gasteiger partial charge in [0.05, 0.1) is 34.6 Å². The van der Waals surface area contributed by atoms with Crippen molar-refractivity contribution in [3.8, 4) is 28.5 Å². The van der Waals surface area contributed by atoms with Gasteiger partial charge in [0.1, 0.15) is 17.9 Å². The summed E-state index contributed by atoms with van der Waals surface area (Å²) in [6.07, 6.45) is 6.94. The van der Waals surface area contributed by atoms with E-state index < -0.39 is 0 Å². The second-order valence-electron chi connectivity index (χ2n) is 7.33. The summed E-state index contributed by atoms with van der Waals surface area (Å²) in [5, 5.41) is 7.47. The van der Waals surface area contributed by atoms with Crippen LogP contribution in [0, 0.1) is 0 Å². The van der Waals surface area contributed by atoms with Crippen LogP contribution in [0.15, 0.2) is 79.4 Å². The van der Waals surface area contributed by atoms with Crippen LogP contribution in [-0.4, -0.2) is 35.1 Å². The largest absolute Gasteiger partial charge is 0.487 e. The molecule has 0 bridgehead atoms. The van der Waals surface area contributed by atoms with E-state index in [1.165, 1.54) is 0 Å². The molecule has 0 radical (unpaired) electrons. The molecule has 0 amide bonds. The molecule has 0 atom stereocenters. The Hall–Kier alpha value is -4.59. The third-order valence-corrected chi connectivity index (χ3v) is 5.17. The minimum absolute atomic E-state index is 0.477. The van der Waals surface area contributed by atoms with Crippen LogP contribution in [0.2, 0.25) is 0 Å². The zero-order valence-electron chi connectivity index (χ0n) is 16.9. The van der Waals surface area contributed by atoms with E-state index in [-0.39, 0.29) is 0 Å². The Labute approximate surface area is 182 Å². The number of aromatic nitrogens is 7. The summed E-state index contributed by atoms with van der Waals surface area (Å²) in [4.78, 5) is 21.2. The number of H-pyrrole nitrogens is 2. The minimum atomic E-state index is 0.477. The SMILES string of the molecule is c1ccc(COc2cncc(-c3ccc4[nH]nc(-c5nc6ccncc6[nH]5)c4n3)c2)cc1. The maximum Gasteiger partial charge on any atom is 0.161 e. The zero-order chi connectivity index (χ0) is 21.3. The summed E-state index contributed by atoms with van der Waals surface area (Å²) in [5.74, 6) is 1.33. The van der Waals surface area contributed by atoms with Gasteiger partial charge in [-0.1, -0.05) is 30.3 Å². The maximum absolute atomic E-state index is 5.92. The van der Waals surface area contributed by atoms with Crippen molar-refractivity contribution in [3.63, 3.8) is 0 Å². The van der Waals surface area contributed by atoms with E-state index in [4.69, 9.17) is 9.72 Å². The Balaban J connectivity index is 1.34. The van der Waals surface area contributed by atoms with Crippen molar-refractivity contribution in [1.82, 2.24) is 35.1 Å². The van der Waals surface area contributed by atoms with Crippen LogP contribution in [0.5, 0.6) is 5.75 Å². The number of benzene rings is 1. The van der Waals surface area contributed by atoms with Gasteiger partial charge >= 0.3 is 0 Å². The maximum atomic E-state index is 5.92. The lowest BCUT2D eigenvalue weighted by Gasteiger charge is -2.08. The number of aromatic amines is 2. The third-order valence-electron chi connectivity index (χ3n) is 5.17. The van der Waals surface area contributed by atoms with Crippen molar-refractivity contribution in [1.29, 1.82) is 0 Å². The molecular formula is C24H17N7O. The Morgan fingerprint density at radius 1 is 0.844 bits per heavy atom. The fourth-order valence-corrected chi connectivity index (χ4v) is 3.57. The smallest absolute Gasteiger partial charge is 0.161 e. The highest BCUT2D eigenvalue weighted by Crippen LogP contribution is 2.28. The summed E-state index contributed by atoms with van der Waals surface area (Å²) in [5.41, 5.74) is 6.62. The molecule has 0 fully saturated rings. The van der Waals surface area contributed by atoms with Crippen molar-refractivity contribution in [2.24, 2.45) is 0 Å². The van der Waals surface area contributed by atoms with Gasteiger partial charge in [0.15, 0.2) is 11.5 Å².